The van der Waals surface area contributed by atoms with Crippen LogP contribution in [0.2, 0.25) is 0 Å². The number of fused-ring (bicyclic) bond motifs is 4. The molecule has 0 saturated heterocycles. The second-order valence-corrected chi connectivity index (χ2v) is 15.4. The van der Waals surface area contributed by atoms with Crippen LogP contribution in [0.15, 0.2) is 212 Å². The Morgan fingerprint density at radius 2 is 0.821 bits per heavy atom. The number of hydrogen-bond donors (Lipinski definition) is 0. The molecule has 0 radical (unpaired) electrons. The lowest BCUT2D eigenvalue weighted by Gasteiger charge is -2.27. The predicted molar refractivity (Wildman–Crippen MR) is 238 cm³/mol. The molecule has 56 heavy (non-hydrogen) atoms. The first-order valence-corrected chi connectivity index (χ1v) is 19.5. The Morgan fingerprint density at radius 1 is 0.321 bits per heavy atom. The molecule has 0 unspecified atom stereocenters. The summed E-state index contributed by atoms with van der Waals surface area (Å²) in [6.45, 7) is 4.69. The largest absolute Gasteiger partial charge is 0.310 e. The van der Waals surface area contributed by atoms with Gasteiger partial charge in [-0.25, -0.2) is 0 Å². The molecular formula is C55H41N. The molecule has 0 amide bonds. The van der Waals surface area contributed by atoms with Crippen molar-refractivity contribution in [2.75, 3.05) is 4.90 Å². The van der Waals surface area contributed by atoms with Crippen LogP contribution in [0.4, 0.5) is 17.1 Å². The third-order valence-corrected chi connectivity index (χ3v) is 11.7. The summed E-state index contributed by atoms with van der Waals surface area (Å²) in [6.07, 6.45) is 0. The van der Waals surface area contributed by atoms with E-state index in [2.05, 4.69) is 231 Å². The fraction of sp³-hybridized carbons (Fsp3) is 0.0545. The summed E-state index contributed by atoms with van der Waals surface area (Å²) in [7, 11) is 0. The fourth-order valence-electron chi connectivity index (χ4n) is 8.83. The zero-order valence-electron chi connectivity index (χ0n) is 31.7. The minimum atomic E-state index is -0.0392. The summed E-state index contributed by atoms with van der Waals surface area (Å²) >= 11 is 0. The van der Waals surface area contributed by atoms with Gasteiger partial charge in [0.25, 0.3) is 0 Å². The molecule has 0 aliphatic heterocycles. The van der Waals surface area contributed by atoms with Crippen LogP contribution >= 0.6 is 0 Å². The number of anilines is 3. The lowest BCUT2D eigenvalue weighted by atomic mass is 9.82. The molecule has 1 nitrogen and oxygen atoms in total. The molecule has 1 heteroatoms. The van der Waals surface area contributed by atoms with Gasteiger partial charge in [-0.2, -0.15) is 0 Å². The zero-order valence-corrected chi connectivity index (χ0v) is 31.7. The molecule has 0 saturated carbocycles. The van der Waals surface area contributed by atoms with E-state index >= 15 is 0 Å². The highest BCUT2D eigenvalue weighted by Gasteiger charge is 2.36. The lowest BCUT2D eigenvalue weighted by molar-refractivity contribution is 0.660. The molecule has 1 aliphatic carbocycles. The number of rotatable bonds is 7. The normalized spacial score (nSPS) is 12.6. The third kappa shape index (κ3) is 5.81. The summed E-state index contributed by atoms with van der Waals surface area (Å²) in [5.41, 5.74) is 18.5. The SMILES string of the molecule is CC1(C)c2ccccc2-c2c(-c3ccc(N(c4ccc(-c5cccc6ccccc56)cc4)c4cccc(-c5cccc(-c6ccccc6)c5)c4)cc3)cccc21. The molecule has 0 atom stereocenters. The van der Waals surface area contributed by atoms with Crippen molar-refractivity contribution in [3.8, 4) is 55.6 Å². The number of benzene rings is 9. The van der Waals surface area contributed by atoms with Crippen LogP contribution in [-0.4, -0.2) is 0 Å². The highest BCUT2D eigenvalue weighted by Crippen LogP contribution is 2.52. The van der Waals surface area contributed by atoms with E-state index in [1.54, 1.807) is 0 Å². The van der Waals surface area contributed by atoms with E-state index in [9.17, 15) is 0 Å². The fourth-order valence-corrected chi connectivity index (χ4v) is 8.83. The molecule has 10 rings (SSSR count). The van der Waals surface area contributed by atoms with Gasteiger partial charge in [-0.3, -0.25) is 0 Å². The molecular weight excluding hydrogens is 675 g/mol. The van der Waals surface area contributed by atoms with Crippen LogP contribution in [0.3, 0.4) is 0 Å². The van der Waals surface area contributed by atoms with Crippen molar-refractivity contribution in [1.29, 1.82) is 0 Å². The molecule has 0 spiro atoms. The van der Waals surface area contributed by atoms with Crippen molar-refractivity contribution in [3.63, 3.8) is 0 Å². The van der Waals surface area contributed by atoms with Crippen LogP contribution in [0.5, 0.6) is 0 Å². The molecule has 9 aromatic carbocycles. The van der Waals surface area contributed by atoms with Gasteiger partial charge in [-0.05, 0) is 120 Å². The van der Waals surface area contributed by atoms with Gasteiger partial charge in [0.05, 0.1) is 0 Å². The van der Waals surface area contributed by atoms with E-state index in [1.807, 2.05) is 0 Å². The van der Waals surface area contributed by atoms with E-state index in [0.29, 0.717) is 0 Å². The Labute approximate surface area is 329 Å². The van der Waals surface area contributed by atoms with E-state index in [1.165, 1.54) is 77.5 Å². The minimum Gasteiger partial charge on any atom is -0.310 e. The molecule has 0 N–H and O–H groups in total. The van der Waals surface area contributed by atoms with E-state index < -0.39 is 0 Å². The summed E-state index contributed by atoms with van der Waals surface area (Å²) in [5.74, 6) is 0. The van der Waals surface area contributed by atoms with Gasteiger partial charge in [0, 0.05) is 22.5 Å². The highest BCUT2D eigenvalue weighted by molar-refractivity contribution is 5.97. The van der Waals surface area contributed by atoms with Gasteiger partial charge >= 0.3 is 0 Å². The second-order valence-electron chi connectivity index (χ2n) is 15.4. The molecule has 0 bridgehead atoms. The molecule has 9 aromatic rings. The summed E-state index contributed by atoms with van der Waals surface area (Å²) in [6, 6.07) is 77.5. The quantitative estimate of drug-likeness (QED) is 0.159. The van der Waals surface area contributed by atoms with Crippen molar-refractivity contribution >= 4 is 27.8 Å². The van der Waals surface area contributed by atoms with Crippen LogP contribution < -0.4 is 4.90 Å². The molecule has 0 heterocycles. The van der Waals surface area contributed by atoms with Gasteiger partial charge in [0.1, 0.15) is 0 Å². The summed E-state index contributed by atoms with van der Waals surface area (Å²) in [5, 5.41) is 2.51. The average Bonchev–Trinajstić information content (AvgIpc) is 3.50. The zero-order chi connectivity index (χ0) is 37.6. The van der Waals surface area contributed by atoms with Gasteiger partial charge in [-0.15, -0.1) is 0 Å². The maximum absolute atomic E-state index is 2.38. The topological polar surface area (TPSA) is 3.24 Å². The van der Waals surface area contributed by atoms with E-state index in [0.717, 1.165) is 17.1 Å². The molecule has 0 fully saturated rings. The van der Waals surface area contributed by atoms with Crippen LogP contribution in [0, 0.1) is 0 Å². The first-order valence-electron chi connectivity index (χ1n) is 19.5. The Kier molecular flexibility index (Phi) is 8.23. The predicted octanol–water partition coefficient (Wildman–Crippen LogP) is 15.3. The van der Waals surface area contributed by atoms with Crippen molar-refractivity contribution in [1.82, 2.24) is 0 Å². The number of hydrogen-bond acceptors (Lipinski definition) is 1. The first kappa shape index (κ1) is 33.6. The maximum atomic E-state index is 2.38. The van der Waals surface area contributed by atoms with Crippen molar-refractivity contribution in [2.24, 2.45) is 0 Å². The van der Waals surface area contributed by atoms with E-state index in [4.69, 9.17) is 0 Å². The van der Waals surface area contributed by atoms with Crippen molar-refractivity contribution in [2.45, 2.75) is 19.3 Å². The number of nitrogens with zero attached hydrogens (tertiary/aromatic N) is 1. The van der Waals surface area contributed by atoms with Crippen LogP contribution in [0.25, 0.3) is 66.4 Å². The van der Waals surface area contributed by atoms with Gasteiger partial charge < -0.3 is 4.90 Å². The highest BCUT2D eigenvalue weighted by atomic mass is 15.1. The van der Waals surface area contributed by atoms with Gasteiger partial charge in [-0.1, -0.05) is 184 Å². The summed E-state index contributed by atoms with van der Waals surface area (Å²) < 4.78 is 0. The molecule has 0 aromatic heterocycles. The Balaban J connectivity index is 1.07. The maximum Gasteiger partial charge on any atom is 0.0467 e. The molecule has 1 aliphatic rings. The van der Waals surface area contributed by atoms with Crippen LogP contribution in [-0.2, 0) is 5.41 Å². The summed E-state index contributed by atoms with van der Waals surface area (Å²) in [4.78, 5) is 2.38. The third-order valence-electron chi connectivity index (χ3n) is 11.7. The van der Waals surface area contributed by atoms with Crippen molar-refractivity contribution in [3.05, 3.63) is 223 Å². The lowest BCUT2D eigenvalue weighted by Crippen LogP contribution is -2.14. The average molecular weight is 716 g/mol. The van der Waals surface area contributed by atoms with E-state index in [-0.39, 0.29) is 5.41 Å². The van der Waals surface area contributed by atoms with Crippen LogP contribution in [0.1, 0.15) is 25.0 Å². The molecule has 266 valence electrons. The standard InChI is InChI=1S/C55H41N/c1-55(2)52-26-9-8-23-51(52)54-50(25-13-27-53(54)55)41-30-34-46(35-31-41)56(45-32-28-40(29-33-45)49-24-12-17-39-16-6-7-22-48(39)49)47-21-11-20-44(37-47)43-19-10-18-42(36-43)38-14-4-3-5-15-38/h3-37H,1-2H3. The van der Waals surface area contributed by atoms with Crippen molar-refractivity contribution < 1.29 is 0 Å². The Morgan fingerprint density at radius 3 is 1.59 bits per heavy atom. The first-order chi connectivity index (χ1) is 27.5. The minimum absolute atomic E-state index is 0.0392. The van der Waals surface area contributed by atoms with Gasteiger partial charge in [0.15, 0.2) is 0 Å². The second kappa shape index (κ2) is 13.7. The monoisotopic (exact) mass is 715 g/mol. The smallest absolute Gasteiger partial charge is 0.0467 e. The Bertz CT molecular complexity index is 2860. The Hall–Kier alpha value is -6.96. The van der Waals surface area contributed by atoms with Gasteiger partial charge in [0.2, 0.25) is 0 Å².